The van der Waals surface area contributed by atoms with Gasteiger partial charge in [-0.05, 0) is 83.6 Å². The predicted molar refractivity (Wildman–Crippen MR) is 143 cm³/mol. The lowest BCUT2D eigenvalue weighted by Gasteiger charge is -2.27. The number of hydrogen-bond donors (Lipinski definition) is 2. The molecule has 0 atom stereocenters. The van der Waals surface area contributed by atoms with Crippen LogP contribution in [0.25, 0.3) is 10.6 Å². The molecule has 3 amide bonds. The highest BCUT2D eigenvalue weighted by Gasteiger charge is 2.44. The largest absolute Gasteiger partial charge is 0.352 e. The summed E-state index contributed by atoms with van der Waals surface area (Å²) < 4.78 is 4.21. The second-order valence-corrected chi connectivity index (χ2v) is 11.9. The van der Waals surface area contributed by atoms with Crippen molar-refractivity contribution in [1.29, 1.82) is 0 Å². The number of thiophene rings is 2. The summed E-state index contributed by atoms with van der Waals surface area (Å²) in [7, 11) is 0. The number of carbonyl (C=O) groups excluding carboxylic acids is 2. The highest BCUT2D eigenvalue weighted by Crippen LogP contribution is 2.39. The normalized spacial score (nSPS) is 14.8. The first-order valence-electron chi connectivity index (χ1n) is 9.11. The Morgan fingerprint density at radius 3 is 2.28 bits per heavy atom. The molecule has 170 valence electrons. The smallest absolute Gasteiger partial charge is 0.325 e. The van der Waals surface area contributed by atoms with Crippen molar-refractivity contribution in [3.63, 3.8) is 0 Å². The molecule has 32 heavy (non-hydrogen) atoms. The number of urea groups is 1. The van der Waals surface area contributed by atoms with Crippen molar-refractivity contribution >= 4 is 104 Å². The number of nitrogens with zero attached hydrogens (tertiary/aromatic N) is 3. The minimum absolute atomic E-state index is 0.288. The van der Waals surface area contributed by atoms with Gasteiger partial charge in [0, 0.05) is 48.8 Å². The van der Waals surface area contributed by atoms with Gasteiger partial charge in [0.25, 0.3) is 5.91 Å². The Labute approximate surface area is 226 Å². The van der Waals surface area contributed by atoms with Crippen molar-refractivity contribution < 1.29 is 9.59 Å². The highest BCUT2D eigenvalue weighted by molar-refractivity contribution is 9.13. The van der Waals surface area contributed by atoms with Gasteiger partial charge in [-0.3, -0.25) is 10.1 Å². The Bertz CT molecular complexity index is 1120. The maximum atomic E-state index is 11.8. The van der Waals surface area contributed by atoms with Crippen LogP contribution in [0.5, 0.6) is 0 Å². The topological polar surface area (TPSA) is 87.2 Å². The van der Waals surface area contributed by atoms with Gasteiger partial charge in [0.05, 0.1) is 15.0 Å². The van der Waals surface area contributed by atoms with E-state index in [1.807, 2.05) is 22.2 Å². The van der Waals surface area contributed by atoms with Gasteiger partial charge in [0.15, 0.2) is 0 Å². The molecule has 4 rings (SSSR count). The maximum absolute atomic E-state index is 11.8. The molecule has 1 saturated heterocycles. The average molecular weight is 731 g/mol. The van der Waals surface area contributed by atoms with E-state index in [-0.39, 0.29) is 11.9 Å². The van der Waals surface area contributed by atoms with E-state index in [4.69, 9.17) is 0 Å². The summed E-state index contributed by atoms with van der Waals surface area (Å²) in [5.74, 6) is 0.182. The van der Waals surface area contributed by atoms with Crippen molar-refractivity contribution in [2.45, 2.75) is 19.4 Å². The first kappa shape index (κ1) is 25.8. The molecule has 3 aromatic rings. The molecule has 4 heterocycles. The third kappa shape index (κ3) is 5.98. The lowest BCUT2D eigenvalue weighted by molar-refractivity contribution is -0.125. The van der Waals surface area contributed by atoms with Crippen LogP contribution < -0.4 is 10.6 Å². The van der Waals surface area contributed by atoms with Crippen LogP contribution in [0.15, 0.2) is 46.3 Å². The van der Waals surface area contributed by atoms with Gasteiger partial charge in [-0.1, -0.05) is 0 Å². The standard InChI is InChI=1S/C15H15Br2N5O2S.C4H2Br2S/c1-15(2)12(23)21-14(24)22(15)6-5-19-13-18-4-3-9(20-13)11-10(17)8(16)7-25-11;5-3-1-7-2-4(3)6/h3-4,7H,5-6H2,1-2H3,(H,18,19,20)(H,21,23,24);1-2H. The number of nitrogens with one attached hydrogen (secondary N) is 2. The molecule has 0 spiro atoms. The Balaban J connectivity index is 0.000000352. The summed E-state index contributed by atoms with van der Waals surface area (Å²) in [5.41, 5.74) is -0.0511. The molecular formula is C19H17Br4N5O2S2. The van der Waals surface area contributed by atoms with Crippen LogP contribution in [0.2, 0.25) is 0 Å². The summed E-state index contributed by atoms with van der Waals surface area (Å²) >= 11 is 16.9. The third-order valence-corrected chi connectivity index (χ3v) is 11.2. The zero-order chi connectivity index (χ0) is 23.5. The fourth-order valence-corrected chi connectivity index (χ4v) is 6.57. The van der Waals surface area contributed by atoms with Gasteiger partial charge < -0.3 is 10.2 Å². The van der Waals surface area contributed by atoms with E-state index in [2.05, 4.69) is 84.3 Å². The van der Waals surface area contributed by atoms with Gasteiger partial charge in [-0.2, -0.15) is 11.3 Å². The fourth-order valence-electron chi connectivity index (χ4n) is 2.69. The number of imide groups is 1. The number of anilines is 1. The number of hydrogen-bond acceptors (Lipinski definition) is 7. The van der Waals surface area contributed by atoms with Crippen molar-refractivity contribution in [3.05, 3.63) is 46.3 Å². The monoisotopic (exact) mass is 727 g/mol. The molecule has 3 aromatic heterocycles. The lowest BCUT2D eigenvalue weighted by atomic mass is 10.0. The fraction of sp³-hybridized carbons (Fsp3) is 0.263. The van der Waals surface area contributed by atoms with Crippen LogP contribution in [-0.4, -0.2) is 45.4 Å². The highest BCUT2D eigenvalue weighted by atomic mass is 79.9. The Morgan fingerprint density at radius 2 is 1.78 bits per heavy atom. The molecule has 2 N–H and O–H groups in total. The van der Waals surface area contributed by atoms with E-state index >= 15 is 0 Å². The van der Waals surface area contributed by atoms with Crippen LogP contribution in [0.4, 0.5) is 10.7 Å². The number of amides is 3. The van der Waals surface area contributed by atoms with Crippen LogP contribution >= 0.6 is 86.4 Å². The minimum atomic E-state index is -0.852. The zero-order valence-electron chi connectivity index (χ0n) is 16.8. The van der Waals surface area contributed by atoms with Crippen molar-refractivity contribution in [1.82, 2.24) is 20.2 Å². The number of rotatable bonds is 5. The van der Waals surface area contributed by atoms with Crippen LogP contribution in [-0.2, 0) is 4.79 Å². The second kappa shape index (κ2) is 11.0. The molecule has 0 bridgehead atoms. The Morgan fingerprint density at radius 1 is 1.09 bits per heavy atom. The molecule has 7 nitrogen and oxygen atoms in total. The van der Waals surface area contributed by atoms with E-state index in [0.29, 0.717) is 19.0 Å². The molecule has 1 fully saturated rings. The van der Waals surface area contributed by atoms with Gasteiger partial charge >= 0.3 is 6.03 Å². The third-order valence-electron chi connectivity index (χ3n) is 4.46. The maximum Gasteiger partial charge on any atom is 0.325 e. The molecule has 0 unspecified atom stereocenters. The summed E-state index contributed by atoms with van der Waals surface area (Å²) in [4.78, 5) is 34.8. The Kier molecular flexibility index (Phi) is 8.89. The van der Waals surface area contributed by atoms with Gasteiger partial charge in [-0.15, -0.1) is 11.3 Å². The number of aromatic nitrogens is 2. The van der Waals surface area contributed by atoms with E-state index in [0.717, 1.165) is 28.5 Å². The van der Waals surface area contributed by atoms with E-state index in [9.17, 15) is 9.59 Å². The van der Waals surface area contributed by atoms with Crippen LogP contribution in [0, 0.1) is 0 Å². The van der Waals surface area contributed by atoms with Crippen molar-refractivity contribution in [3.8, 4) is 10.6 Å². The first-order valence-corrected chi connectivity index (χ1v) is 14.1. The first-order chi connectivity index (χ1) is 15.1. The summed E-state index contributed by atoms with van der Waals surface area (Å²) in [6.45, 7) is 4.24. The number of halogens is 4. The quantitative estimate of drug-likeness (QED) is 0.284. The van der Waals surface area contributed by atoms with E-state index < -0.39 is 5.54 Å². The van der Waals surface area contributed by atoms with E-state index in [1.165, 1.54) is 4.90 Å². The molecule has 0 aromatic carbocycles. The molecule has 0 aliphatic carbocycles. The van der Waals surface area contributed by atoms with Gasteiger partial charge in [0.1, 0.15) is 5.54 Å². The molecule has 0 saturated carbocycles. The predicted octanol–water partition coefficient (Wildman–Crippen LogP) is 6.75. The SMILES string of the molecule is Brc1cscc1Br.CC1(C)C(=O)NC(=O)N1CCNc1nccc(-c2scc(Br)c2Br)n1. The zero-order valence-corrected chi connectivity index (χ0v) is 24.8. The van der Waals surface area contributed by atoms with Crippen molar-refractivity contribution in [2.75, 3.05) is 18.4 Å². The van der Waals surface area contributed by atoms with Gasteiger partial charge in [0.2, 0.25) is 5.95 Å². The van der Waals surface area contributed by atoms with Crippen LogP contribution in [0.3, 0.4) is 0 Å². The molecule has 1 aliphatic rings. The molecule has 13 heteroatoms. The van der Waals surface area contributed by atoms with E-state index in [1.54, 1.807) is 42.7 Å². The van der Waals surface area contributed by atoms with Crippen LogP contribution in [0.1, 0.15) is 13.8 Å². The molecular weight excluding hydrogens is 714 g/mol. The Hall–Kier alpha value is -0.860. The molecule has 1 aliphatic heterocycles. The summed E-state index contributed by atoms with van der Waals surface area (Å²) in [6.07, 6.45) is 1.68. The van der Waals surface area contributed by atoms with Crippen molar-refractivity contribution in [2.24, 2.45) is 0 Å². The lowest BCUT2D eigenvalue weighted by Crippen LogP contribution is -2.46. The summed E-state index contributed by atoms with van der Waals surface area (Å²) in [5, 5.41) is 11.5. The molecule has 0 radical (unpaired) electrons. The van der Waals surface area contributed by atoms with Gasteiger partial charge in [-0.25, -0.2) is 14.8 Å². The minimum Gasteiger partial charge on any atom is -0.352 e. The second-order valence-electron chi connectivity index (χ2n) is 6.96. The summed E-state index contributed by atoms with van der Waals surface area (Å²) in [6, 6.07) is 1.46. The average Bonchev–Trinajstić information content (AvgIpc) is 3.35. The number of carbonyl (C=O) groups is 2.